The molecule has 5 nitrogen and oxygen atoms in total. The van der Waals surface area contributed by atoms with E-state index in [-0.39, 0.29) is 6.04 Å². The zero-order valence-electron chi connectivity index (χ0n) is 15.5. The summed E-state index contributed by atoms with van der Waals surface area (Å²) in [6.07, 6.45) is 1.91. The average molecular weight is 366 g/mol. The highest BCUT2D eigenvalue weighted by Gasteiger charge is 2.30. The molecular formula is C19H31N3O2S. The Hall–Kier alpha value is -1.11. The minimum Gasteiger partial charge on any atom is -0.369 e. The van der Waals surface area contributed by atoms with Crippen LogP contribution in [0.1, 0.15) is 18.4 Å². The zero-order chi connectivity index (χ0) is 17.9. The molecule has 0 radical (unpaired) electrons. The Labute approximate surface area is 152 Å². The van der Waals surface area contributed by atoms with Gasteiger partial charge in [-0.1, -0.05) is 17.7 Å². The maximum Gasteiger partial charge on any atom is 0.151 e. The van der Waals surface area contributed by atoms with Crippen LogP contribution in [0.5, 0.6) is 0 Å². The second-order valence-electron chi connectivity index (χ2n) is 7.56. The van der Waals surface area contributed by atoms with Crippen LogP contribution in [0.4, 0.5) is 5.69 Å². The maximum atomic E-state index is 11.6. The van der Waals surface area contributed by atoms with E-state index < -0.39 is 9.84 Å². The van der Waals surface area contributed by atoms with Gasteiger partial charge in [0.2, 0.25) is 0 Å². The molecular weight excluding hydrogens is 334 g/mol. The molecule has 0 bridgehead atoms. The fourth-order valence-corrected chi connectivity index (χ4v) is 5.64. The number of hydrogen-bond acceptors (Lipinski definition) is 5. The summed E-state index contributed by atoms with van der Waals surface area (Å²) in [5.41, 5.74) is 2.63. The lowest BCUT2D eigenvalue weighted by molar-refractivity contribution is 0.214. The van der Waals surface area contributed by atoms with Crippen LogP contribution in [-0.2, 0) is 9.84 Å². The van der Waals surface area contributed by atoms with E-state index in [0.29, 0.717) is 11.5 Å². The van der Waals surface area contributed by atoms with Gasteiger partial charge in [-0.3, -0.25) is 4.90 Å². The van der Waals surface area contributed by atoms with Crippen molar-refractivity contribution < 1.29 is 8.42 Å². The van der Waals surface area contributed by atoms with Gasteiger partial charge in [-0.25, -0.2) is 8.42 Å². The predicted octanol–water partition coefficient (Wildman–Crippen LogP) is 1.63. The lowest BCUT2D eigenvalue weighted by Gasteiger charge is -2.36. The third-order valence-electron chi connectivity index (χ3n) is 5.59. The molecule has 3 rings (SSSR count). The number of piperazine rings is 1. The Balaban J connectivity index is 1.36. The van der Waals surface area contributed by atoms with E-state index in [4.69, 9.17) is 0 Å². The minimum atomic E-state index is -2.78. The van der Waals surface area contributed by atoms with Gasteiger partial charge < -0.3 is 9.80 Å². The van der Waals surface area contributed by atoms with Gasteiger partial charge in [-0.15, -0.1) is 0 Å². The summed E-state index contributed by atoms with van der Waals surface area (Å²) < 4.78 is 23.2. The molecule has 2 saturated heterocycles. The van der Waals surface area contributed by atoms with Crippen molar-refractivity contribution in [2.75, 3.05) is 62.7 Å². The Morgan fingerprint density at radius 2 is 1.80 bits per heavy atom. The molecule has 6 heteroatoms. The summed E-state index contributed by atoms with van der Waals surface area (Å²) in [5, 5.41) is 0. The van der Waals surface area contributed by atoms with Crippen LogP contribution >= 0.6 is 0 Å². The van der Waals surface area contributed by atoms with Crippen LogP contribution in [-0.4, -0.2) is 82.1 Å². The van der Waals surface area contributed by atoms with Crippen molar-refractivity contribution in [3.05, 3.63) is 29.8 Å². The van der Waals surface area contributed by atoms with Crippen molar-refractivity contribution in [1.82, 2.24) is 9.80 Å². The first-order valence-corrected chi connectivity index (χ1v) is 11.2. The van der Waals surface area contributed by atoms with Crippen LogP contribution in [0.3, 0.4) is 0 Å². The number of aryl methyl sites for hydroxylation is 1. The smallest absolute Gasteiger partial charge is 0.151 e. The Morgan fingerprint density at radius 1 is 1.12 bits per heavy atom. The number of anilines is 1. The molecule has 0 N–H and O–H groups in total. The molecule has 140 valence electrons. The van der Waals surface area contributed by atoms with Crippen LogP contribution in [0.15, 0.2) is 24.3 Å². The van der Waals surface area contributed by atoms with Crippen molar-refractivity contribution in [1.29, 1.82) is 0 Å². The van der Waals surface area contributed by atoms with E-state index in [9.17, 15) is 8.42 Å². The van der Waals surface area contributed by atoms with E-state index in [1.54, 1.807) is 0 Å². The van der Waals surface area contributed by atoms with Crippen molar-refractivity contribution in [2.45, 2.75) is 25.8 Å². The van der Waals surface area contributed by atoms with Gasteiger partial charge in [0.25, 0.3) is 0 Å². The van der Waals surface area contributed by atoms with Gasteiger partial charge in [0.05, 0.1) is 11.5 Å². The van der Waals surface area contributed by atoms with Crippen molar-refractivity contribution in [2.24, 2.45) is 0 Å². The minimum absolute atomic E-state index is 0.225. The fraction of sp³-hybridized carbons (Fsp3) is 0.684. The van der Waals surface area contributed by atoms with Gasteiger partial charge in [0, 0.05) is 37.9 Å². The number of sulfone groups is 1. The van der Waals surface area contributed by atoms with Crippen LogP contribution < -0.4 is 4.90 Å². The summed E-state index contributed by atoms with van der Waals surface area (Å²) in [6, 6.07) is 9.02. The van der Waals surface area contributed by atoms with Gasteiger partial charge in [-0.05, 0) is 52.0 Å². The topological polar surface area (TPSA) is 43.9 Å². The highest BCUT2D eigenvalue weighted by atomic mass is 32.2. The summed E-state index contributed by atoms with van der Waals surface area (Å²) >= 11 is 0. The van der Waals surface area contributed by atoms with Crippen molar-refractivity contribution >= 4 is 15.5 Å². The van der Waals surface area contributed by atoms with Gasteiger partial charge in [0.15, 0.2) is 9.84 Å². The Bertz CT molecular complexity index is 652. The first kappa shape index (κ1) is 18.7. The molecule has 0 unspecified atom stereocenters. The van der Waals surface area contributed by atoms with Crippen LogP contribution in [0.25, 0.3) is 0 Å². The maximum absolute atomic E-state index is 11.6. The van der Waals surface area contributed by atoms with Crippen LogP contribution in [0, 0.1) is 6.92 Å². The van der Waals surface area contributed by atoms with E-state index in [1.807, 2.05) is 0 Å². The second-order valence-corrected chi connectivity index (χ2v) is 9.78. The number of hydrogen-bond donors (Lipinski definition) is 0. The van der Waals surface area contributed by atoms with Gasteiger partial charge in [-0.2, -0.15) is 0 Å². The molecule has 0 amide bonds. The SMILES string of the molecule is Cc1ccc(N2CCN(CCCN(C)[C@@H]3CCS(=O)(=O)C3)CC2)cc1. The van der Waals surface area contributed by atoms with E-state index in [2.05, 4.69) is 52.9 Å². The monoisotopic (exact) mass is 365 g/mol. The molecule has 0 aliphatic carbocycles. The summed E-state index contributed by atoms with van der Waals surface area (Å²) in [6.45, 7) is 8.59. The number of nitrogens with zero attached hydrogens (tertiary/aromatic N) is 3. The van der Waals surface area contributed by atoms with Crippen molar-refractivity contribution in [3.63, 3.8) is 0 Å². The molecule has 1 aromatic rings. The van der Waals surface area contributed by atoms with E-state index in [0.717, 1.165) is 52.1 Å². The standard InChI is InChI=1S/C19H31N3O2S/c1-17-4-6-18(7-5-17)22-13-11-21(12-14-22)10-3-9-20(2)19-8-15-25(23,24)16-19/h4-7,19H,3,8-16H2,1-2H3/t19-/m1/s1. The molecule has 2 aliphatic rings. The fourth-order valence-electron chi connectivity index (χ4n) is 3.83. The van der Waals surface area contributed by atoms with Crippen molar-refractivity contribution in [3.8, 4) is 0 Å². The number of rotatable bonds is 6. The molecule has 25 heavy (non-hydrogen) atoms. The summed E-state index contributed by atoms with van der Waals surface area (Å²) in [5.74, 6) is 0.710. The molecule has 1 atom stereocenters. The van der Waals surface area contributed by atoms with Crippen LogP contribution in [0.2, 0.25) is 0 Å². The molecule has 0 saturated carbocycles. The number of benzene rings is 1. The molecule has 0 spiro atoms. The first-order chi connectivity index (χ1) is 11.9. The highest BCUT2D eigenvalue weighted by Crippen LogP contribution is 2.18. The highest BCUT2D eigenvalue weighted by molar-refractivity contribution is 7.91. The van der Waals surface area contributed by atoms with E-state index >= 15 is 0 Å². The molecule has 2 heterocycles. The largest absolute Gasteiger partial charge is 0.369 e. The lowest BCUT2D eigenvalue weighted by Crippen LogP contribution is -2.47. The second kappa shape index (κ2) is 8.06. The third kappa shape index (κ3) is 5.19. The van der Waals surface area contributed by atoms with Gasteiger partial charge in [0.1, 0.15) is 0 Å². The first-order valence-electron chi connectivity index (χ1n) is 9.37. The van der Waals surface area contributed by atoms with Gasteiger partial charge >= 0.3 is 0 Å². The molecule has 2 fully saturated rings. The van der Waals surface area contributed by atoms with E-state index in [1.165, 1.54) is 11.3 Å². The normalized spacial score (nSPS) is 24.1. The average Bonchev–Trinajstić information content (AvgIpc) is 2.96. The summed E-state index contributed by atoms with van der Waals surface area (Å²) in [4.78, 5) is 7.24. The quantitative estimate of drug-likeness (QED) is 0.767. The molecule has 2 aliphatic heterocycles. The zero-order valence-corrected chi connectivity index (χ0v) is 16.3. The predicted molar refractivity (Wildman–Crippen MR) is 104 cm³/mol. The third-order valence-corrected chi connectivity index (χ3v) is 7.34. The molecule has 0 aromatic heterocycles. The molecule has 1 aromatic carbocycles. The Kier molecular flexibility index (Phi) is 6.02. The Morgan fingerprint density at radius 3 is 2.40 bits per heavy atom. The summed E-state index contributed by atoms with van der Waals surface area (Å²) in [7, 11) is -0.709. The lowest BCUT2D eigenvalue weighted by atomic mass is 10.2.